The monoisotopic (exact) mass is 237 g/mol. The summed E-state index contributed by atoms with van der Waals surface area (Å²) in [5.74, 6) is 2.63. The van der Waals surface area contributed by atoms with Crippen molar-refractivity contribution >= 4 is 21.6 Å². The molecule has 0 saturated carbocycles. The molecule has 1 rings (SSSR count). The van der Waals surface area contributed by atoms with Gasteiger partial charge >= 0.3 is 0 Å². The summed E-state index contributed by atoms with van der Waals surface area (Å²) in [5, 5.41) is 3.22. The van der Waals surface area contributed by atoms with Gasteiger partial charge < -0.3 is 5.32 Å². The van der Waals surface area contributed by atoms with Crippen molar-refractivity contribution in [1.29, 1.82) is 0 Å². The van der Waals surface area contributed by atoms with Gasteiger partial charge in [-0.05, 0) is 41.4 Å². The molecule has 2 heteroatoms. The highest BCUT2D eigenvalue weighted by Crippen LogP contribution is 2.25. The number of hydrogen-bond acceptors (Lipinski definition) is 1. The summed E-state index contributed by atoms with van der Waals surface area (Å²) in [5.41, 5.74) is 2.25. The third-order valence-corrected chi connectivity index (χ3v) is 2.87. The molecule has 0 aliphatic rings. The van der Waals surface area contributed by atoms with E-state index in [2.05, 4.69) is 40.2 Å². The largest absolute Gasteiger partial charge is 0.371 e. The zero-order chi connectivity index (χ0) is 9.84. The van der Waals surface area contributed by atoms with Crippen LogP contribution in [0.15, 0.2) is 22.7 Å². The van der Waals surface area contributed by atoms with Gasteiger partial charge in [-0.3, -0.25) is 0 Å². The average molecular weight is 238 g/mol. The van der Waals surface area contributed by atoms with E-state index in [1.54, 1.807) is 0 Å². The molecule has 0 spiro atoms. The molecule has 0 fully saturated rings. The van der Waals surface area contributed by atoms with Gasteiger partial charge in [-0.25, -0.2) is 0 Å². The van der Waals surface area contributed by atoms with Crippen LogP contribution in [-0.4, -0.2) is 6.04 Å². The summed E-state index contributed by atoms with van der Waals surface area (Å²) >= 11 is 3.51. The molecule has 0 bridgehead atoms. The molecule has 13 heavy (non-hydrogen) atoms. The third kappa shape index (κ3) is 2.50. The fourth-order valence-electron chi connectivity index (χ4n) is 1.03. The zero-order valence-corrected chi connectivity index (χ0v) is 9.35. The van der Waals surface area contributed by atoms with Crippen molar-refractivity contribution < 1.29 is 0 Å². The minimum atomic E-state index is 0.0538. The predicted octanol–water partition coefficient (Wildman–Crippen LogP) is 3.19. The standard InChI is InChI=1S/C11H12BrN/c1-4-9(3)13-10-7-5-6-8(2)11(10)12/h1,5-7,9,13H,2-3H3. The van der Waals surface area contributed by atoms with Crippen molar-refractivity contribution in [2.24, 2.45) is 0 Å². The smallest absolute Gasteiger partial charge is 0.0846 e. The second kappa shape index (κ2) is 4.34. The Kier molecular flexibility index (Phi) is 3.39. The molecule has 1 unspecified atom stereocenters. The number of terminal acetylenes is 1. The molecule has 0 amide bonds. The highest BCUT2D eigenvalue weighted by Gasteiger charge is 2.03. The van der Waals surface area contributed by atoms with Crippen molar-refractivity contribution in [3.63, 3.8) is 0 Å². The number of aryl methyl sites for hydroxylation is 1. The molecule has 0 aliphatic carbocycles. The maximum atomic E-state index is 5.28. The van der Waals surface area contributed by atoms with E-state index < -0.39 is 0 Å². The Bertz CT molecular complexity index is 338. The SMILES string of the molecule is C#CC(C)Nc1cccc(C)c1Br. The molecule has 1 atom stereocenters. The maximum absolute atomic E-state index is 5.28. The number of anilines is 1. The first-order chi connectivity index (χ1) is 6.15. The number of benzene rings is 1. The van der Waals surface area contributed by atoms with Crippen LogP contribution in [0.25, 0.3) is 0 Å². The van der Waals surface area contributed by atoms with E-state index in [-0.39, 0.29) is 6.04 Å². The minimum absolute atomic E-state index is 0.0538. The lowest BCUT2D eigenvalue weighted by atomic mass is 10.2. The first-order valence-electron chi connectivity index (χ1n) is 4.13. The summed E-state index contributed by atoms with van der Waals surface area (Å²) in [6, 6.07) is 6.12. The van der Waals surface area contributed by atoms with E-state index in [4.69, 9.17) is 6.42 Å². The summed E-state index contributed by atoms with van der Waals surface area (Å²) in [7, 11) is 0. The number of rotatable bonds is 2. The van der Waals surface area contributed by atoms with Crippen LogP contribution in [0.2, 0.25) is 0 Å². The fraction of sp³-hybridized carbons (Fsp3) is 0.273. The second-order valence-electron chi connectivity index (χ2n) is 2.97. The van der Waals surface area contributed by atoms with E-state index in [0.717, 1.165) is 10.2 Å². The van der Waals surface area contributed by atoms with Crippen LogP contribution in [-0.2, 0) is 0 Å². The number of nitrogens with one attached hydrogen (secondary N) is 1. The first-order valence-corrected chi connectivity index (χ1v) is 4.92. The molecule has 0 heterocycles. The van der Waals surface area contributed by atoms with Crippen molar-refractivity contribution in [3.05, 3.63) is 28.2 Å². The van der Waals surface area contributed by atoms with E-state index in [0.29, 0.717) is 0 Å². The predicted molar refractivity (Wildman–Crippen MR) is 60.8 cm³/mol. The zero-order valence-electron chi connectivity index (χ0n) is 7.76. The molecule has 0 aromatic heterocycles. The molecule has 1 aromatic carbocycles. The molecule has 1 aromatic rings. The summed E-state index contributed by atoms with van der Waals surface area (Å²) < 4.78 is 1.08. The van der Waals surface area contributed by atoms with E-state index in [1.165, 1.54) is 5.56 Å². The van der Waals surface area contributed by atoms with Crippen LogP contribution >= 0.6 is 15.9 Å². The third-order valence-electron chi connectivity index (χ3n) is 1.81. The minimum Gasteiger partial charge on any atom is -0.371 e. The molecular formula is C11H12BrN. The Labute approximate surface area is 87.7 Å². The topological polar surface area (TPSA) is 12.0 Å². The van der Waals surface area contributed by atoms with Gasteiger partial charge in [0.15, 0.2) is 0 Å². The highest BCUT2D eigenvalue weighted by atomic mass is 79.9. The Morgan fingerprint density at radius 1 is 1.54 bits per heavy atom. The van der Waals surface area contributed by atoms with Gasteiger partial charge in [-0.1, -0.05) is 18.1 Å². The summed E-state index contributed by atoms with van der Waals surface area (Å²) in [6.07, 6.45) is 5.28. The van der Waals surface area contributed by atoms with Crippen LogP contribution < -0.4 is 5.32 Å². The van der Waals surface area contributed by atoms with Gasteiger partial charge in [-0.15, -0.1) is 6.42 Å². The Morgan fingerprint density at radius 3 is 2.85 bits per heavy atom. The molecule has 0 radical (unpaired) electrons. The van der Waals surface area contributed by atoms with E-state index in [1.807, 2.05) is 19.1 Å². The van der Waals surface area contributed by atoms with Crippen molar-refractivity contribution in [1.82, 2.24) is 0 Å². The van der Waals surface area contributed by atoms with Crippen LogP contribution in [0.4, 0.5) is 5.69 Å². The molecule has 0 aliphatic heterocycles. The van der Waals surface area contributed by atoms with Gasteiger partial charge in [0.2, 0.25) is 0 Å². The molecule has 1 N–H and O–H groups in total. The summed E-state index contributed by atoms with van der Waals surface area (Å²) in [6.45, 7) is 4.00. The van der Waals surface area contributed by atoms with Gasteiger partial charge in [0, 0.05) is 10.2 Å². The summed E-state index contributed by atoms with van der Waals surface area (Å²) in [4.78, 5) is 0. The highest BCUT2D eigenvalue weighted by molar-refractivity contribution is 9.10. The number of halogens is 1. The normalized spacial score (nSPS) is 11.8. The molecule has 68 valence electrons. The lowest BCUT2D eigenvalue weighted by Crippen LogP contribution is -2.12. The Balaban J connectivity index is 2.90. The van der Waals surface area contributed by atoms with Gasteiger partial charge in [0.05, 0.1) is 6.04 Å². The van der Waals surface area contributed by atoms with Gasteiger partial charge in [0.1, 0.15) is 0 Å². The lowest BCUT2D eigenvalue weighted by molar-refractivity contribution is 1.03. The number of hydrogen-bond donors (Lipinski definition) is 1. The van der Waals surface area contributed by atoms with Crippen molar-refractivity contribution in [2.45, 2.75) is 19.9 Å². The van der Waals surface area contributed by atoms with Gasteiger partial charge in [-0.2, -0.15) is 0 Å². The van der Waals surface area contributed by atoms with Crippen LogP contribution in [0.5, 0.6) is 0 Å². The average Bonchev–Trinajstić information content (AvgIpc) is 2.13. The Hall–Kier alpha value is -0.940. The van der Waals surface area contributed by atoms with Crippen molar-refractivity contribution in [2.75, 3.05) is 5.32 Å². The van der Waals surface area contributed by atoms with Gasteiger partial charge in [0.25, 0.3) is 0 Å². The maximum Gasteiger partial charge on any atom is 0.0846 e. The fourth-order valence-corrected chi connectivity index (χ4v) is 1.41. The van der Waals surface area contributed by atoms with Crippen LogP contribution in [0.1, 0.15) is 12.5 Å². The van der Waals surface area contributed by atoms with E-state index in [9.17, 15) is 0 Å². The Morgan fingerprint density at radius 2 is 2.23 bits per heavy atom. The van der Waals surface area contributed by atoms with Crippen LogP contribution in [0.3, 0.4) is 0 Å². The van der Waals surface area contributed by atoms with E-state index >= 15 is 0 Å². The lowest BCUT2D eigenvalue weighted by Gasteiger charge is -2.12. The van der Waals surface area contributed by atoms with Crippen molar-refractivity contribution in [3.8, 4) is 12.3 Å². The quantitative estimate of drug-likeness (QED) is 0.780. The molecular weight excluding hydrogens is 226 g/mol. The molecule has 0 saturated heterocycles. The second-order valence-corrected chi connectivity index (χ2v) is 3.76. The first kappa shape index (κ1) is 10.1. The van der Waals surface area contributed by atoms with Crippen LogP contribution in [0, 0.1) is 19.3 Å². The molecule has 1 nitrogen and oxygen atoms in total.